The van der Waals surface area contributed by atoms with E-state index in [1.54, 1.807) is 16.7 Å². The second-order valence-electron chi connectivity index (χ2n) is 6.83. The first-order chi connectivity index (χ1) is 14.6. The lowest BCUT2D eigenvalue weighted by atomic mass is 10.1. The first-order valence-electron chi connectivity index (χ1n) is 9.74. The van der Waals surface area contributed by atoms with E-state index in [0.29, 0.717) is 23.1 Å². The summed E-state index contributed by atoms with van der Waals surface area (Å²) >= 11 is 9.43. The van der Waals surface area contributed by atoms with E-state index in [-0.39, 0.29) is 5.91 Å². The predicted molar refractivity (Wildman–Crippen MR) is 129 cm³/mol. The molecule has 1 aromatic heterocycles. The second kappa shape index (κ2) is 9.65. The summed E-state index contributed by atoms with van der Waals surface area (Å²) in [7, 11) is 0. The van der Waals surface area contributed by atoms with Crippen LogP contribution in [0.5, 0.6) is 0 Å². The molecular formula is C24H21ClN2OS2. The van der Waals surface area contributed by atoms with Gasteiger partial charge < -0.3 is 0 Å². The Morgan fingerprint density at radius 2 is 1.80 bits per heavy atom. The van der Waals surface area contributed by atoms with Gasteiger partial charge >= 0.3 is 0 Å². The van der Waals surface area contributed by atoms with Gasteiger partial charge in [-0.15, -0.1) is 11.8 Å². The maximum absolute atomic E-state index is 13.3. The number of carbonyl (C=O) groups is 1. The highest BCUT2D eigenvalue weighted by atomic mass is 35.5. The molecule has 0 spiro atoms. The van der Waals surface area contributed by atoms with Crippen LogP contribution >= 0.6 is 34.7 Å². The molecule has 0 aliphatic carbocycles. The Morgan fingerprint density at radius 1 is 1.03 bits per heavy atom. The summed E-state index contributed by atoms with van der Waals surface area (Å²) in [5.74, 6) is 1.06. The fraction of sp³-hybridized carbons (Fsp3) is 0.167. The summed E-state index contributed by atoms with van der Waals surface area (Å²) in [6.07, 6.45) is 0.334. The van der Waals surface area contributed by atoms with Crippen molar-refractivity contribution in [3.63, 3.8) is 0 Å². The van der Waals surface area contributed by atoms with Crippen molar-refractivity contribution in [2.75, 3.05) is 10.7 Å². The lowest BCUT2D eigenvalue weighted by Crippen LogP contribution is -2.31. The minimum absolute atomic E-state index is 0.0277. The standard InChI is InChI=1S/C24H21ClN2OS2/c1-2-29-20-11-8-17(9-12-20)14-23(28)27(16-18-6-4-3-5-7-18)24-26-21-13-10-19(25)15-22(21)30-24/h3-13,15H,2,14,16H2,1H3. The van der Waals surface area contributed by atoms with Gasteiger partial charge in [-0.05, 0) is 47.2 Å². The van der Waals surface area contributed by atoms with Crippen molar-refractivity contribution in [1.82, 2.24) is 4.98 Å². The third-order valence-corrected chi connectivity index (χ3v) is 6.81. The van der Waals surface area contributed by atoms with E-state index in [2.05, 4.69) is 19.1 Å². The first kappa shape index (κ1) is 20.9. The number of carbonyl (C=O) groups excluding carboxylic acids is 1. The summed E-state index contributed by atoms with van der Waals surface area (Å²) in [5, 5.41) is 1.36. The molecule has 1 amide bonds. The Hall–Kier alpha value is -2.34. The molecule has 4 aromatic rings. The van der Waals surface area contributed by atoms with E-state index in [0.717, 1.165) is 27.1 Å². The van der Waals surface area contributed by atoms with E-state index in [1.165, 1.54) is 16.2 Å². The Kier molecular flexibility index (Phi) is 6.72. The van der Waals surface area contributed by atoms with Crippen molar-refractivity contribution in [3.05, 3.63) is 88.9 Å². The topological polar surface area (TPSA) is 33.2 Å². The van der Waals surface area contributed by atoms with Crippen LogP contribution in [0.1, 0.15) is 18.1 Å². The third-order valence-electron chi connectivity index (χ3n) is 4.64. The van der Waals surface area contributed by atoms with E-state index in [1.807, 2.05) is 60.7 Å². The maximum atomic E-state index is 13.3. The largest absolute Gasteiger partial charge is 0.283 e. The lowest BCUT2D eigenvalue weighted by molar-refractivity contribution is -0.118. The number of halogens is 1. The number of hydrogen-bond acceptors (Lipinski definition) is 4. The molecular weight excluding hydrogens is 432 g/mol. The smallest absolute Gasteiger partial charge is 0.233 e. The van der Waals surface area contributed by atoms with Crippen molar-refractivity contribution in [1.29, 1.82) is 0 Å². The zero-order valence-electron chi connectivity index (χ0n) is 16.5. The van der Waals surface area contributed by atoms with Crippen LogP contribution in [-0.2, 0) is 17.8 Å². The number of aromatic nitrogens is 1. The van der Waals surface area contributed by atoms with Crippen LogP contribution in [0.4, 0.5) is 5.13 Å². The van der Waals surface area contributed by atoms with Crippen molar-refractivity contribution in [2.45, 2.75) is 24.8 Å². The zero-order chi connectivity index (χ0) is 20.9. The molecule has 0 saturated heterocycles. The number of hydrogen-bond donors (Lipinski definition) is 0. The van der Waals surface area contributed by atoms with Gasteiger partial charge in [-0.1, -0.05) is 72.3 Å². The van der Waals surface area contributed by atoms with Gasteiger partial charge in [0.05, 0.1) is 23.2 Å². The highest BCUT2D eigenvalue weighted by Crippen LogP contribution is 2.32. The Labute approximate surface area is 189 Å². The minimum atomic E-state index is 0.0277. The minimum Gasteiger partial charge on any atom is -0.283 e. The van der Waals surface area contributed by atoms with Gasteiger partial charge in [0.15, 0.2) is 5.13 Å². The van der Waals surface area contributed by atoms with E-state index < -0.39 is 0 Å². The number of fused-ring (bicyclic) bond motifs is 1. The Balaban J connectivity index is 1.62. The molecule has 0 N–H and O–H groups in total. The average molecular weight is 453 g/mol. The molecule has 0 unspecified atom stereocenters. The van der Waals surface area contributed by atoms with Gasteiger partial charge in [0.25, 0.3) is 0 Å². The van der Waals surface area contributed by atoms with Gasteiger partial charge in [0, 0.05) is 9.92 Å². The number of thiazole rings is 1. The molecule has 0 aliphatic rings. The summed E-state index contributed by atoms with van der Waals surface area (Å²) in [4.78, 5) is 21.0. The van der Waals surface area contributed by atoms with Crippen molar-refractivity contribution >= 4 is 56.0 Å². The van der Waals surface area contributed by atoms with Gasteiger partial charge in [-0.3, -0.25) is 9.69 Å². The molecule has 0 radical (unpaired) electrons. The molecule has 152 valence electrons. The quantitative estimate of drug-likeness (QED) is 0.288. The van der Waals surface area contributed by atoms with Crippen LogP contribution in [0.15, 0.2) is 77.7 Å². The number of rotatable bonds is 7. The third kappa shape index (κ3) is 5.04. The number of thioether (sulfide) groups is 1. The number of anilines is 1. The summed E-state index contributed by atoms with van der Waals surface area (Å²) in [6.45, 7) is 2.62. The van der Waals surface area contributed by atoms with Crippen molar-refractivity contribution in [2.24, 2.45) is 0 Å². The van der Waals surface area contributed by atoms with Crippen LogP contribution in [0.2, 0.25) is 5.02 Å². The molecule has 0 saturated carbocycles. The molecule has 0 aliphatic heterocycles. The monoisotopic (exact) mass is 452 g/mol. The van der Waals surface area contributed by atoms with E-state index in [9.17, 15) is 4.79 Å². The van der Waals surface area contributed by atoms with Gasteiger partial charge in [-0.25, -0.2) is 4.98 Å². The molecule has 6 heteroatoms. The van der Waals surface area contributed by atoms with Crippen molar-refractivity contribution in [3.8, 4) is 0 Å². The lowest BCUT2D eigenvalue weighted by Gasteiger charge is -2.20. The fourth-order valence-corrected chi connectivity index (χ4v) is 5.09. The van der Waals surface area contributed by atoms with Gasteiger partial charge in [0.2, 0.25) is 5.91 Å². The van der Waals surface area contributed by atoms with Gasteiger partial charge in [-0.2, -0.15) is 0 Å². The molecule has 1 heterocycles. The van der Waals surface area contributed by atoms with Crippen LogP contribution in [0.25, 0.3) is 10.2 Å². The molecule has 4 rings (SSSR count). The molecule has 30 heavy (non-hydrogen) atoms. The summed E-state index contributed by atoms with van der Waals surface area (Å²) in [5.41, 5.74) is 2.92. The molecule has 0 atom stereocenters. The zero-order valence-corrected chi connectivity index (χ0v) is 18.9. The highest BCUT2D eigenvalue weighted by molar-refractivity contribution is 7.99. The van der Waals surface area contributed by atoms with E-state index >= 15 is 0 Å². The molecule has 0 fully saturated rings. The SMILES string of the molecule is CCSc1ccc(CC(=O)N(Cc2ccccc2)c2nc3ccc(Cl)cc3s2)cc1. The number of amides is 1. The summed E-state index contributed by atoms with van der Waals surface area (Å²) < 4.78 is 0.976. The Bertz CT molecular complexity index is 1140. The molecule has 3 aromatic carbocycles. The predicted octanol–water partition coefficient (Wildman–Crippen LogP) is 6.84. The molecule has 3 nitrogen and oxygen atoms in total. The molecule has 0 bridgehead atoms. The number of benzene rings is 3. The van der Waals surface area contributed by atoms with Crippen LogP contribution in [-0.4, -0.2) is 16.6 Å². The Morgan fingerprint density at radius 3 is 2.53 bits per heavy atom. The summed E-state index contributed by atoms with van der Waals surface area (Å²) in [6, 6.07) is 23.9. The van der Waals surface area contributed by atoms with Crippen molar-refractivity contribution < 1.29 is 4.79 Å². The van der Waals surface area contributed by atoms with Crippen LogP contribution < -0.4 is 4.90 Å². The highest BCUT2D eigenvalue weighted by Gasteiger charge is 2.20. The maximum Gasteiger partial charge on any atom is 0.233 e. The normalized spacial score (nSPS) is 11.0. The van der Waals surface area contributed by atoms with Crippen LogP contribution in [0.3, 0.4) is 0 Å². The van der Waals surface area contributed by atoms with E-state index in [4.69, 9.17) is 16.6 Å². The number of nitrogens with zero attached hydrogens (tertiary/aromatic N) is 2. The second-order valence-corrected chi connectivity index (χ2v) is 9.61. The fourth-order valence-electron chi connectivity index (χ4n) is 3.17. The van der Waals surface area contributed by atoms with Crippen LogP contribution in [0, 0.1) is 0 Å². The first-order valence-corrected chi connectivity index (χ1v) is 11.9. The average Bonchev–Trinajstić information content (AvgIpc) is 3.17. The van der Waals surface area contributed by atoms with Gasteiger partial charge in [0.1, 0.15) is 0 Å².